The van der Waals surface area contributed by atoms with E-state index in [9.17, 15) is 19.5 Å². The highest BCUT2D eigenvalue weighted by molar-refractivity contribution is 6.32. The molecule has 3 atom stereocenters. The quantitative estimate of drug-likeness (QED) is 0.0875. The number of nitrogens with one attached hydrogen (secondary N) is 1. The molecule has 20 heteroatoms. The lowest BCUT2D eigenvalue weighted by Crippen LogP contribution is -2.29. The summed E-state index contributed by atoms with van der Waals surface area (Å²) >= 11 is 31.1. The van der Waals surface area contributed by atoms with Gasteiger partial charge in [-0.15, -0.1) is 0 Å². The van der Waals surface area contributed by atoms with Crippen molar-refractivity contribution in [1.82, 2.24) is 29.1 Å². The second kappa shape index (κ2) is 31.5. The Bertz CT molecular complexity index is 4960. The summed E-state index contributed by atoms with van der Waals surface area (Å²) in [5, 5.41) is 16.4. The number of nitrogens with zero attached hydrogens (tertiary/aromatic N) is 5. The van der Waals surface area contributed by atoms with Crippen molar-refractivity contribution in [2.75, 3.05) is 14.2 Å². The molecule has 0 fully saturated rings. The fourth-order valence-electron chi connectivity index (χ4n) is 12.9. The Kier molecular flexibility index (Phi) is 24.1. The predicted octanol–water partition coefficient (Wildman–Crippen LogP) is 21.8. The van der Waals surface area contributed by atoms with Gasteiger partial charge in [0.05, 0.1) is 31.0 Å². The lowest BCUT2D eigenvalue weighted by molar-refractivity contribution is -0.164. The van der Waals surface area contributed by atoms with Crippen LogP contribution in [0.3, 0.4) is 0 Å². The number of benzene rings is 5. The first-order valence-electron chi connectivity index (χ1n) is 33.5. The van der Waals surface area contributed by atoms with Crippen molar-refractivity contribution in [2.45, 2.75) is 173 Å². The number of rotatable bonds is 16. The van der Waals surface area contributed by atoms with Gasteiger partial charge in [0.2, 0.25) is 0 Å². The topological polar surface area (TPSA) is 182 Å². The molecule has 5 aromatic carbocycles. The molecule has 2 N–H and O–H groups in total. The number of pyridine rings is 3. The highest BCUT2D eigenvalue weighted by atomic mass is 35.5. The van der Waals surface area contributed by atoms with E-state index in [4.69, 9.17) is 96.6 Å². The summed E-state index contributed by atoms with van der Waals surface area (Å²) in [5.41, 5.74) is 18.4. The molecule has 536 valence electrons. The zero-order valence-electron chi connectivity index (χ0n) is 61.5. The van der Waals surface area contributed by atoms with Crippen molar-refractivity contribution in [1.29, 1.82) is 0 Å². The van der Waals surface area contributed by atoms with Crippen LogP contribution in [0.4, 0.5) is 0 Å². The van der Waals surface area contributed by atoms with E-state index in [1.165, 1.54) is 14.2 Å². The minimum Gasteiger partial charge on any atom is -0.479 e. The summed E-state index contributed by atoms with van der Waals surface area (Å²) < 4.78 is 33.3. The Hall–Kier alpha value is -8.09. The second-order valence-corrected chi connectivity index (χ2v) is 30.7. The predicted molar refractivity (Wildman–Crippen MR) is 413 cm³/mol. The van der Waals surface area contributed by atoms with Crippen molar-refractivity contribution in [3.05, 3.63) is 225 Å². The molecule has 0 saturated heterocycles. The van der Waals surface area contributed by atoms with Crippen LogP contribution < -0.4 is 0 Å². The number of fused-ring (bicyclic) bond motifs is 3. The van der Waals surface area contributed by atoms with Crippen molar-refractivity contribution in [3.63, 3.8) is 0 Å². The fourth-order valence-corrected chi connectivity index (χ4v) is 13.7. The van der Waals surface area contributed by atoms with Crippen molar-refractivity contribution >= 4 is 109 Å². The molecule has 0 saturated carbocycles. The standard InChI is InChI=1S/C30H32Cl2N2O3.C29H30Cl2N2O3.C23H27ClN2O3/c1-17-19(3)34(16-20-9-8-10-23(32)15-20)28-24(17)26(21-11-13-22(31)14-12-21)25(18(2)33-28)27(29(35)36-7)37-30(4,5)6;1-16-18(3)33(15-19-8-7-9-22(31)14-19)27-23(16)25(20-10-12-21(30)13-11-20)24(17(2)32-27)26(28(34)35)36-29(4,5)6;1-12-13(2)25-21-17(12)19(15-8-10-16(24)11-9-15)18(14(3)26-21)20(22(27)28-7)29-23(4,5)6/h8-15,27H,16H2,1-7H3;7-14,26H,15H2,1-6H3,(H,34,35);8-11,20H,1-7H3,(H,25,26). The van der Waals surface area contributed by atoms with Gasteiger partial charge in [0, 0.05) is 122 Å². The van der Waals surface area contributed by atoms with Gasteiger partial charge in [0.25, 0.3) is 0 Å². The largest absolute Gasteiger partial charge is 0.479 e. The third-order valence-electron chi connectivity index (χ3n) is 17.8. The summed E-state index contributed by atoms with van der Waals surface area (Å²) in [6.45, 7) is 36.2. The van der Waals surface area contributed by atoms with Gasteiger partial charge in [0.1, 0.15) is 16.9 Å². The molecule has 15 nitrogen and oxygen atoms in total. The minimum absolute atomic E-state index is 0.454. The van der Waals surface area contributed by atoms with Gasteiger partial charge >= 0.3 is 17.9 Å². The summed E-state index contributed by atoms with van der Waals surface area (Å²) in [4.78, 5) is 56.6. The van der Waals surface area contributed by atoms with Crippen molar-refractivity contribution in [2.24, 2.45) is 0 Å². The second-order valence-electron chi connectivity index (χ2n) is 28.5. The normalized spacial score (nSPS) is 12.8. The Labute approximate surface area is 622 Å². The van der Waals surface area contributed by atoms with E-state index in [1.54, 1.807) is 0 Å². The monoisotopic (exact) mass is 1480 g/mol. The van der Waals surface area contributed by atoms with E-state index in [0.29, 0.717) is 72.0 Å². The number of esters is 2. The number of methoxy groups -OCH3 is 2. The van der Waals surface area contributed by atoms with Crippen LogP contribution in [0, 0.1) is 62.3 Å². The zero-order valence-corrected chi connectivity index (χ0v) is 65.3. The Morgan fingerprint density at radius 1 is 0.441 bits per heavy atom. The number of halogens is 5. The fraction of sp³-hybridized carbons (Fsp3) is 0.341. The molecular formula is C82H89Cl5N6O9. The summed E-state index contributed by atoms with van der Waals surface area (Å²) in [6, 6.07) is 38.3. The van der Waals surface area contributed by atoms with E-state index in [0.717, 1.165) is 111 Å². The van der Waals surface area contributed by atoms with Crippen LogP contribution in [0.2, 0.25) is 25.1 Å². The van der Waals surface area contributed by atoms with Crippen LogP contribution in [0.25, 0.3) is 66.5 Å². The molecule has 11 aromatic rings. The lowest BCUT2D eigenvalue weighted by Gasteiger charge is -2.29. The molecule has 6 aromatic heterocycles. The number of H-pyrrole nitrogens is 1. The molecule has 6 heterocycles. The van der Waals surface area contributed by atoms with Crippen LogP contribution in [0.1, 0.15) is 159 Å². The third-order valence-corrected chi connectivity index (χ3v) is 19.0. The van der Waals surface area contributed by atoms with E-state index in [1.807, 2.05) is 219 Å². The van der Waals surface area contributed by atoms with Crippen LogP contribution in [-0.4, -0.2) is 83.1 Å². The Morgan fingerprint density at radius 3 is 1.09 bits per heavy atom. The van der Waals surface area contributed by atoms with Crippen LogP contribution >= 0.6 is 58.0 Å². The van der Waals surface area contributed by atoms with E-state index in [-0.39, 0.29) is 0 Å². The Morgan fingerprint density at radius 2 is 0.765 bits per heavy atom. The molecule has 3 unspecified atom stereocenters. The van der Waals surface area contributed by atoms with Crippen LogP contribution in [0.15, 0.2) is 121 Å². The zero-order chi connectivity index (χ0) is 74.9. The van der Waals surface area contributed by atoms with Gasteiger partial charge in [-0.3, -0.25) is 0 Å². The first kappa shape index (κ1) is 78.1. The number of hydrogen-bond acceptors (Lipinski definition) is 11. The molecule has 0 aliphatic heterocycles. The van der Waals surface area contributed by atoms with Crippen molar-refractivity contribution in [3.8, 4) is 33.4 Å². The SMILES string of the molecule is COC(=O)C(OC(C)(C)C)c1c(C)nc2[nH]c(C)c(C)c2c1-c1ccc(Cl)cc1.COC(=O)C(OC(C)(C)C)c1c(C)nc2c(c(C)c(C)n2Cc2cccc(Cl)c2)c1-c1ccc(Cl)cc1.Cc1nc2c(c(C)c(C)n2Cc2cccc(Cl)c2)c(-c2ccc(Cl)cc2)c1C(OC(C)(C)C)C(=O)O. The Balaban J connectivity index is 0.000000179. The lowest BCUT2D eigenvalue weighted by atomic mass is 9.91. The van der Waals surface area contributed by atoms with Crippen molar-refractivity contribution < 1.29 is 43.2 Å². The maximum absolute atomic E-state index is 13.1. The average molecular weight is 1480 g/mol. The smallest absolute Gasteiger partial charge is 0.339 e. The van der Waals surface area contributed by atoms with Gasteiger partial charge in [-0.05, 0) is 230 Å². The number of carboxylic acid groups (broad SMARTS) is 1. The van der Waals surface area contributed by atoms with Crippen LogP contribution in [-0.2, 0) is 51.2 Å². The van der Waals surface area contributed by atoms with Crippen LogP contribution in [0.5, 0.6) is 0 Å². The molecule has 0 spiro atoms. The number of carboxylic acids is 1. The summed E-state index contributed by atoms with van der Waals surface area (Å²) in [5.74, 6) is -1.98. The molecule has 0 aliphatic carbocycles. The van der Waals surface area contributed by atoms with E-state index >= 15 is 0 Å². The number of aliphatic carboxylic acids is 1. The molecule has 0 aliphatic rings. The minimum atomic E-state index is -1.19. The number of carbonyl (C=O) groups excluding carboxylic acids is 2. The molecular weight excluding hydrogens is 1390 g/mol. The van der Waals surface area contributed by atoms with E-state index in [2.05, 4.69) is 41.0 Å². The van der Waals surface area contributed by atoms with Gasteiger partial charge in [-0.1, -0.05) is 119 Å². The number of aromatic amines is 1. The molecule has 0 bridgehead atoms. The average Bonchev–Trinajstić information content (AvgIpc) is 1.68. The van der Waals surface area contributed by atoms with Gasteiger partial charge < -0.3 is 42.9 Å². The number of carbonyl (C=O) groups is 3. The first-order chi connectivity index (χ1) is 47.8. The highest BCUT2D eigenvalue weighted by Crippen LogP contribution is 2.47. The third kappa shape index (κ3) is 17.4. The maximum Gasteiger partial charge on any atom is 0.339 e. The molecule has 102 heavy (non-hydrogen) atoms. The summed E-state index contributed by atoms with van der Waals surface area (Å²) in [7, 11) is 2.75. The van der Waals surface area contributed by atoms with Gasteiger partial charge in [0.15, 0.2) is 18.3 Å². The molecule has 0 radical (unpaired) electrons. The van der Waals surface area contributed by atoms with Gasteiger partial charge in [-0.2, -0.15) is 0 Å². The number of hydrogen-bond donors (Lipinski definition) is 2. The molecule has 11 rings (SSSR count). The van der Waals surface area contributed by atoms with Gasteiger partial charge in [-0.25, -0.2) is 29.3 Å². The summed E-state index contributed by atoms with van der Waals surface area (Å²) in [6.07, 6.45) is -3.05. The number of ether oxygens (including phenoxy) is 5. The number of aryl methyl sites for hydroxylation is 7. The van der Waals surface area contributed by atoms with E-state index < -0.39 is 53.0 Å². The molecule has 0 amide bonds. The number of aromatic nitrogens is 6. The highest BCUT2D eigenvalue weighted by Gasteiger charge is 2.38. The first-order valence-corrected chi connectivity index (χ1v) is 35.4. The maximum atomic E-state index is 13.1.